The van der Waals surface area contributed by atoms with Crippen LogP contribution < -0.4 is 0 Å². The van der Waals surface area contributed by atoms with Crippen LogP contribution in [0.5, 0.6) is 0 Å². The van der Waals surface area contributed by atoms with Crippen LogP contribution in [0.4, 0.5) is 0 Å². The molecule has 0 aliphatic heterocycles. The number of rotatable bonds is 4. The molecule has 1 aromatic carbocycles. The van der Waals surface area contributed by atoms with E-state index >= 15 is 0 Å². The van der Waals surface area contributed by atoms with Gasteiger partial charge in [0.15, 0.2) is 0 Å². The van der Waals surface area contributed by atoms with Gasteiger partial charge in [0.1, 0.15) is 5.82 Å². The second-order valence-corrected chi connectivity index (χ2v) is 3.89. The molecule has 86 valence electrons. The highest BCUT2D eigenvalue weighted by Crippen LogP contribution is 2.23. The monoisotopic (exact) mass is 225 g/mol. The van der Waals surface area contributed by atoms with Gasteiger partial charge in [0.05, 0.1) is 18.5 Å². The number of benzene rings is 1. The zero-order chi connectivity index (χ0) is 12.1. The fourth-order valence-electron chi connectivity index (χ4n) is 2.04. The van der Waals surface area contributed by atoms with Gasteiger partial charge in [-0.15, -0.1) is 0 Å². The van der Waals surface area contributed by atoms with E-state index in [9.17, 15) is 0 Å². The van der Waals surface area contributed by atoms with E-state index in [1.54, 1.807) is 6.20 Å². The lowest BCUT2D eigenvalue weighted by Crippen LogP contribution is -2.12. The molecule has 3 nitrogen and oxygen atoms in total. The second-order valence-electron chi connectivity index (χ2n) is 3.89. The molecule has 17 heavy (non-hydrogen) atoms. The van der Waals surface area contributed by atoms with Crippen molar-refractivity contribution >= 4 is 0 Å². The molecular weight excluding hydrogens is 210 g/mol. The summed E-state index contributed by atoms with van der Waals surface area (Å²) in [6, 6.07) is 12.4. The molecule has 1 aromatic heterocycles. The van der Waals surface area contributed by atoms with Crippen molar-refractivity contribution in [2.24, 2.45) is 0 Å². The third-order valence-electron chi connectivity index (χ3n) is 2.87. The van der Waals surface area contributed by atoms with Gasteiger partial charge in [0, 0.05) is 18.8 Å². The summed E-state index contributed by atoms with van der Waals surface area (Å²) in [5.41, 5.74) is 1.15. The SMILES string of the molecule is CCc1nccn1C(CC#N)c1ccccc1. The molecule has 0 N–H and O–H groups in total. The summed E-state index contributed by atoms with van der Waals surface area (Å²) in [5, 5.41) is 8.98. The average molecular weight is 225 g/mol. The van der Waals surface area contributed by atoms with E-state index in [4.69, 9.17) is 5.26 Å². The zero-order valence-corrected chi connectivity index (χ0v) is 9.87. The first kappa shape index (κ1) is 11.4. The molecule has 1 unspecified atom stereocenters. The molecule has 0 radical (unpaired) electrons. The Bertz CT molecular complexity index is 508. The van der Waals surface area contributed by atoms with Crippen LogP contribution in [0.3, 0.4) is 0 Å². The van der Waals surface area contributed by atoms with E-state index in [2.05, 4.69) is 34.7 Å². The van der Waals surface area contributed by atoms with Crippen LogP contribution in [0.25, 0.3) is 0 Å². The number of hydrogen-bond donors (Lipinski definition) is 0. The molecule has 2 rings (SSSR count). The lowest BCUT2D eigenvalue weighted by atomic mass is 10.0. The first-order chi connectivity index (χ1) is 8.36. The molecule has 0 spiro atoms. The fourth-order valence-corrected chi connectivity index (χ4v) is 2.04. The number of aryl methyl sites for hydroxylation is 1. The molecule has 0 saturated heterocycles. The summed E-state index contributed by atoms with van der Waals surface area (Å²) in [7, 11) is 0. The van der Waals surface area contributed by atoms with Crippen molar-refractivity contribution < 1.29 is 0 Å². The molecule has 0 aliphatic carbocycles. The highest BCUT2D eigenvalue weighted by molar-refractivity contribution is 5.22. The molecule has 0 aliphatic rings. The first-order valence-electron chi connectivity index (χ1n) is 5.80. The normalized spacial score (nSPS) is 12.0. The highest BCUT2D eigenvalue weighted by atomic mass is 15.1. The van der Waals surface area contributed by atoms with Gasteiger partial charge in [-0.25, -0.2) is 4.98 Å². The summed E-state index contributed by atoms with van der Waals surface area (Å²) in [5.74, 6) is 1.02. The van der Waals surface area contributed by atoms with Crippen molar-refractivity contribution in [2.75, 3.05) is 0 Å². The van der Waals surface area contributed by atoms with Crippen LogP contribution >= 0.6 is 0 Å². The van der Waals surface area contributed by atoms with Gasteiger partial charge in [0.2, 0.25) is 0 Å². The standard InChI is InChI=1S/C14H15N3/c1-2-14-16-10-11-17(14)13(8-9-15)12-6-4-3-5-7-12/h3-7,10-11,13H,2,8H2,1H3. The number of nitrogens with zero attached hydrogens (tertiary/aromatic N) is 3. The van der Waals surface area contributed by atoms with E-state index in [-0.39, 0.29) is 6.04 Å². The van der Waals surface area contributed by atoms with Crippen molar-refractivity contribution in [1.82, 2.24) is 9.55 Å². The van der Waals surface area contributed by atoms with E-state index in [1.807, 2.05) is 24.4 Å². The Labute approximate surface area is 101 Å². The Hall–Kier alpha value is -2.08. The lowest BCUT2D eigenvalue weighted by Gasteiger charge is -2.18. The minimum absolute atomic E-state index is 0.0682. The lowest BCUT2D eigenvalue weighted by molar-refractivity contribution is 0.570. The van der Waals surface area contributed by atoms with Gasteiger partial charge < -0.3 is 4.57 Å². The first-order valence-corrected chi connectivity index (χ1v) is 5.80. The van der Waals surface area contributed by atoms with Gasteiger partial charge in [-0.1, -0.05) is 37.3 Å². The third kappa shape index (κ3) is 2.36. The predicted octanol–water partition coefficient (Wildman–Crippen LogP) is 2.95. The largest absolute Gasteiger partial charge is 0.326 e. The second kappa shape index (κ2) is 5.31. The topological polar surface area (TPSA) is 41.6 Å². The van der Waals surface area contributed by atoms with Crippen LogP contribution in [-0.4, -0.2) is 9.55 Å². The highest BCUT2D eigenvalue weighted by Gasteiger charge is 2.15. The molecule has 2 aromatic rings. The Morgan fingerprint density at radius 3 is 2.76 bits per heavy atom. The van der Waals surface area contributed by atoms with E-state index in [0.29, 0.717) is 6.42 Å². The Morgan fingerprint density at radius 2 is 2.12 bits per heavy atom. The maximum Gasteiger partial charge on any atom is 0.108 e. The van der Waals surface area contributed by atoms with E-state index in [1.165, 1.54) is 0 Å². The van der Waals surface area contributed by atoms with Gasteiger partial charge in [-0.05, 0) is 5.56 Å². The molecule has 1 heterocycles. The van der Waals surface area contributed by atoms with Gasteiger partial charge in [0.25, 0.3) is 0 Å². The average Bonchev–Trinajstić information content (AvgIpc) is 2.85. The zero-order valence-electron chi connectivity index (χ0n) is 9.87. The summed E-state index contributed by atoms with van der Waals surface area (Å²) >= 11 is 0. The van der Waals surface area contributed by atoms with Crippen LogP contribution in [0, 0.1) is 11.3 Å². The number of hydrogen-bond acceptors (Lipinski definition) is 2. The predicted molar refractivity (Wildman–Crippen MR) is 66.4 cm³/mol. The maximum absolute atomic E-state index is 8.98. The third-order valence-corrected chi connectivity index (χ3v) is 2.87. The molecule has 0 saturated carbocycles. The van der Waals surface area contributed by atoms with Crippen molar-refractivity contribution in [3.05, 3.63) is 54.1 Å². The Kier molecular flexibility index (Phi) is 3.56. The number of imidazole rings is 1. The molecule has 0 amide bonds. The van der Waals surface area contributed by atoms with Crippen LogP contribution in [0.2, 0.25) is 0 Å². The van der Waals surface area contributed by atoms with E-state index in [0.717, 1.165) is 17.8 Å². The smallest absolute Gasteiger partial charge is 0.108 e. The fraction of sp³-hybridized carbons (Fsp3) is 0.286. The summed E-state index contributed by atoms with van der Waals surface area (Å²) in [4.78, 5) is 4.32. The maximum atomic E-state index is 8.98. The molecule has 0 fully saturated rings. The minimum Gasteiger partial charge on any atom is -0.326 e. The van der Waals surface area contributed by atoms with Crippen molar-refractivity contribution in [3.8, 4) is 6.07 Å². The van der Waals surface area contributed by atoms with Gasteiger partial charge in [-0.3, -0.25) is 0 Å². The number of aromatic nitrogens is 2. The molecule has 0 bridgehead atoms. The molecule has 3 heteroatoms. The van der Waals surface area contributed by atoms with Gasteiger partial charge >= 0.3 is 0 Å². The summed E-state index contributed by atoms with van der Waals surface area (Å²) in [6.45, 7) is 2.08. The van der Waals surface area contributed by atoms with Crippen molar-refractivity contribution in [3.63, 3.8) is 0 Å². The van der Waals surface area contributed by atoms with Gasteiger partial charge in [-0.2, -0.15) is 5.26 Å². The van der Waals surface area contributed by atoms with E-state index < -0.39 is 0 Å². The molecule has 1 atom stereocenters. The van der Waals surface area contributed by atoms with Crippen LogP contribution in [0.15, 0.2) is 42.7 Å². The van der Waals surface area contributed by atoms with Crippen LogP contribution in [0.1, 0.15) is 30.8 Å². The number of nitriles is 1. The minimum atomic E-state index is 0.0682. The Balaban J connectivity index is 2.40. The molecular formula is C14H15N3. The quantitative estimate of drug-likeness (QED) is 0.802. The van der Waals surface area contributed by atoms with Crippen molar-refractivity contribution in [1.29, 1.82) is 5.26 Å². The Morgan fingerprint density at radius 1 is 1.35 bits per heavy atom. The summed E-state index contributed by atoms with van der Waals surface area (Å²) < 4.78 is 2.10. The summed E-state index contributed by atoms with van der Waals surface area (Å²) in [6.07, 6.45) is 5.09. The van der Waals surface area contributed by atoms with Crippen molar-refractivity contribution in [2.45, 2.75) is 25.8 Å². The van der Waals surface area contributed by atoms with Crippen LogP contribution in [-0.2, 0) is 6.42 Å².